The average molecular weight is 317 g/mol. The molecule has 0 aromatic rings. The van der Waals surface area contributed by atoms with Gasteiger partial charge in [-0.15, -0.1) is 0 Å². The molecule has 2 aliphatic rings. The molecule has 2 rings (SSSR count). The molecule has 21 heavy (non-hydrogen) atoms. The van der Waals surface area contributed by atoms with Crippen LogP contribution in [0.2, 0.25) is 0 Å². The van der Waals surface area contributed by atoms with E-state index in [0.717, 1.165) is 32.2 Å². The normalized spacial score (nSPS) is 36.8. The number of hydrogen-bond acceptors (Lipinski definition) is 3. The van der Waals surface area contributed by atoms with Gasteiger partial charge in [-0.3, -0.25) is 0 Å². The molecule has 0 aromatic carbocycles. The van der Waals surface area contributed by atoms with E-state index in [2.05, 4.69) is 26.1 Å². The SMILES string of the molecule is CNCC1CCCCN1S(=O)(=O)N1CC(C)CC(C)C1C. The van der Waals surface area contributed by atoms with Crippen molar-refractivity contribution in [1.29, 1.82) is 0 Å². The molecule has 2 saturated heterocycles. The lowest BCUT2D eigenvalue weighted by Gasteiger charge is -2.44. The second kappa shape index (κ2) is 6.94. The smallest absolute Gasteiger partial charge is 0.282 e. The lowest BCUT2D eigenvalue weighted by Crippen LogP contribution is -2.58. The third-order valence-corrected chi connectivity index (χ3v) is 7.30. The van der Waals surface area contributed by atoms with E-state index in [1.165, 1.54) is 0 Å². The summed E-state index contributed by atoms with van der Waals surface area (Å²) >= 11 is 0. The van der Waals surface area contributed by atoms with Gasteiger partial charge in [-0.05, 0) is 45.1 Å². The lowest BCUT2D eigenvalue weighted by molar-refractivity contribution is 0.137. The molecule has 124 valence electrons. The van der Waals surface area contributed by atoms with Gasteiger partial charge in [0, 0.05) is 31.7 Å². The molecular weight excluding hydrogens is 286 g/mol. The molecule has 2 aliphatic heterocycles. The van der Waals surface area contributed by atoms with Crippen LogP contribution in [0.25, 0.3) is 0 Å². The zero-order chi connectivity index (χ0) is 15.6. The summed E-state index contributed by atoms with van der Waals surface area (Å²) < 4.78 is 29.8. The van der Waals surface area contributed by atoms with E-state index in [-0.39, 0.29) is 12.1 Å². The molecule has 1 N–H and O–H groups in total. The molecule has 0 bridgehead atoms. The van der Waals surface area contributed by atoms with Crippen molar-refractivity contribution in [2.75, 3.05) is 26.7 Å². The van der Waals surface area contributed by atoms with Gasteiger partial charge in [0.2, 0.25) is 0 Å². The Hall–Kier alpha value is -0.170. The zero-order valence-electron chi connectivity index (χ0n) is 13.9. The highest BCUT2D eigenvalue weighted by Gasteiger charge is 2.42. The predicted octanol–water partition coefficient (Wildman–Crippen LogP) is 1.67. The standard InChI is InChI=1S/C15H31N3O2S/c1-12-9-13(2)14(3)18(11-12)21(19,20)17-8-6-5-7-15(17)10-16-4/h12-16H,5-11H2,1-4H3. The first kappa shape index (κ1) is 17.2. The number of hydrogen-bond donors (Lipinski definition) is 1. The van der Waals surface area contributed by atoms with Crippen molar-refractivity contribution >= 4 is 10.2 Å². The van der Waals surface area contributed by atoms with Gasteiger partial charge in [0.15, 0.2) is 0 Å². The topological polar surface area (TPSA) is 52.7 Å². The molecule has 5 nitrogen and oxygen atoms in total. The van der Waals surface area contributed by atoms with Crippen molar-refractivity contribution in [2.24, 2.45) is 11.8 Å². The third-order valence-electron chi connectivity index (χ3n) is 5.15. The summed E-state index contributed by atoms with van der Waals surface area (Å²) in [6, 6.07) is 0.205. The Labute approximate surface area is 130 Å². The Morgan fingerprint density at radius 1 is 1.14 bits per heavy atom. The Morgan fingerprint density at radius 2 is 1.86 bits per heavy atom. The number of piperidine rings is 2. The number of nitrogens with one attached hydrogen (secondary N) is 1. The van der Waals surface area contributed by atoms with Crippen LogP contribution in [0.3, 0.4) is 0 Å². The Bertz CT molecular complexity index is 438. The predicted molar refractivity (Wildman–Crippen MR) is 86.3 cm³/mol. The van der Waals surface area contributed by atoms with Crippen molar-refractivity contribution in [3.8, 4) is 0 Å². The fraction of sp³-hybridized carbons (Fsp3) is 1.00. The van der Waals surface area contributed by atoms with Crippen LogP contribution in [-0.2, 0) is 10.2 Å². The van der Waals surface area contributed by atoms with Crippen LogP contribution in [0.15, 0.2) is 0 Å². The fourth-order valence-electron chi connectivity index (χ4n) is 3.82. The number of rotatable bonds is 4. The van der Waals surface area contributed by atoms with Gasteiger partial charge in [0.05, 0.1) is 0 Å². The molecule has 0 radical (unpaired) electrons. The van der Waals surface area contributed by atoms with Crippen LogP contribution in [0.1, 0.15) is 46.5 Å². The summed E-state index contributed by atoms with van der Waals surface area (Å²) in [7, 11) is -1.45. The molecule has 2 fully saturated rings. The van der Waals surface area contributed by atoms with E-state index in [0.29, 0.717) is 24.9 Å². The van der Waals surface area contributed by atoms with Crippen molar-refractivity contribution in [3.63, 3.8) is 0 Å². The largest absolute Gasteiger partial charge is 0.318 e. The second-order valence-corrected chi connectivity index (χ2v) is 8.79. The number of nitrogens with zero attached hydrogens (tertiary/aromatic N) is 2. The summed E-state index contributed by atoms with van der Waals surface area (Å²) in [5.74, 6) is 0.870. The molecule has 0 aliphatic carbocycles. The second-order valence-electron chi connectivity index (χ2n) is 6.95. The quantitative estimate of drug-likeness (QED) is 0.858. The molecule has 2 heterocycles. The first-order valence-corrected chi connectivity index (χ1v) is 9.70. The van der Waals surface area contributed by atoms with Gasteiger partial charge >= 0.3 is 0 Å². The van der Waals surface area contributed by atoms with E-state index >= 15 is 0 Å². The van der Waals surface area contributed by atoms with Crippen LogP contribution in [0.4, 0.5) is 0 Å². The van der Waals surface area contributed by atoms with Crippen LogP contribution in [-0.4, -0.2) is 55.8 Å². The molecule has 6 heteroatoms. The van der Waals surface area contributed by atoms with Gasteiger partial charge in [-0.2, -0.15) is 17.0 Å². The molecule has 0 saturated carbocycles. The van der Waals surface area contributed by atoms with Crippen LogP contribution < -0.4 is 5.32 Å². The van der Waals surface area contributed by atoms with Gasteiger partial charge in [-0.1, -0.05) is 20.3 Å². The van der Waals surface area contributed by atoms with Crippen molar-refractivity contribution < 1.29 is 8.42 Å². The van der Waals surface area contributed by atoms with E-state index in [4.69, 9.17) is 0 Å². The van der Waals surface area contributed by atoms with E-state index in [9.17, 15) is 8.42 Å². The van der Waals surface area contributed by atoms with Gasteiger partial charge < -0.3 is 5.32 Å². The highest BCUT2D eigenvalue weighted by atomic mass is 32.2. The fourth-order valence-corrected chi connectivity index (χ4v) is 6.08. The Morgan fingerprint density at radius 3 is 2.52 bits per heavy atom. The minimum atomic E-state index is -3.34. The maximum absolute atomic E-state index is 13.2. The molecule has 0 spiro atoms. The highest BCUT2D eigenvalue weighted by molar-refractivity contribution is 7.86. The van der Waals surface area contributed by atoms with Gasteiger partial charge in [-0.25, -0.2) is 0 Å². The van der Waals surface area contributed by atoms with Crippen LogP contribution in [0, 0.1) is 11.8 Å². The minimum absolute atomic E-state index is 0.100. The van der Waals surface area contributed by atoms with Crippen molar-refractivity contribution in [2.45, 2.75) is 58.5 Å². The van der Waals surface area contributed by atoms with Crippen LogP contribution >= 0.6 is 0 Å². The summed E-state index contributed by atoms with van der Waals surface area (Å²) in [5, 5.41) is 3.15. The molecule has 4 atom stereocenters. The number of likely N-dealkylation sites (N-methyl/N-ethyl adjacent to an activating group) is 1. The van der Waals surface area contributed by atoms with Crippen molar-refractivity contribution in [1.82, 2.24) is 13.9 Å². The Kier molecular flexibility index (Phi) is 5.68. The lowest BCUT2D eigenvalue weighted by atomic mass is 9.88. The van der Waals surface area contributed by atoms with E-state index < -0.39 is 10.2 Å². The molecule has 4 unspecified atom stereocenters. The summed E-state index contributed by atoms with van der Waals surface area (Å²) in [6.45, 7) is 8.46. The Balaban J connectivity index is 2.22. The first-order valence-electron chi connectivity index (χ1n) is 8.31. The first-order chi connectivity index (χ1) is 9.87. The van der Waals surface area contributed by atoms with E-state index in [1.807, 2.05) is 7.05 Å². The minimum Gasteiger partial charge on any atom is -0.318 e. The van der Waals surface area contributed by atoms with E-state index in [1.54, 1.807) is 8.61 Å². The maximum Gasteiger partial charge on any atom is 0.282 e. The monoisotopic (exact) mass is 317 g/mol. The van der Waals surface area contributed by atoms with Crippen molar-refractivity contribution in [3.05, 3.63) is 0 Å². The average Bonchev–Trinajstić information content (AvgIpc) is 2.43. The summed E-state index contributed by atoms with van der Waals surface area (Å²) in [6.07, 6.45) is 4.19. The summed E-state index contributed by atoms with van der Waals surface area (Å²) in [5.41, 5.74) is 0. The van der Waals surface area contributed by atoms with Crippen LogP contribution in [0.5, 0.6) is 0 Å². The highest BCUT2D eigenvalue weighted by Crippen LogP contribution is 2.32. The van der Waals surface area contributed by atoms with Gasteiger partial charge in [0.25, 0.3) is 10.2 Å². The molecule has 0 amide bonds. The van der Waals surface area contributed by atoms with Gasteiger partial charge in [0.1, 0.15) is 0 Å². The molecule has 0 aromatic heterocycles. The summed E-state index contributed by atoms with van der Waals surface area (Å²) in [4.78, 5) is 0. The third kappa shape index (κ3) is 3.60. The zero-order valence-corrected chi connectivity index (χ0v) is 14.7. The maximum atomic E-state index is 13.2. The molecular formula is C15H31N3O2S.